The molecule has 1 atom stereocenters. The van der Waals surface area contributed by atoms with Crippen molar-refractivity contribution in [3.05, 3.63) is 86.6 Å². The zero-order chi connectivity index (χ0) is 22.7. The van der Waals surface area contributed by atoms with Crippen LogP contribution in [-0.2, 0) is 9.59 Å². The van der Waals surface area contributed by atoms with Crippen LogP contribution in [-0.4, -0.2) is 17.4 Å². The van der Waals surface area contributed by atoms with Crippen molar-refractivity contribution < 1.29 is 9.59 Å². The Balaban J connectivity index is 1.60. The smallest absolute Gasteiger partial charge is 0.234 e. The fraction of sp³-hybridized carbons (Fsp3) is 0.240. The Bertz CT molecular complexity index is 1160. The zero-order valence-corrected chi connectivity index (χ0v) is 19.1. The molecular formula is C25H22ClN3O2S. The van der Waals surface area contributed by atoms with Crippen molar-refractivity contribution in [2.75, 3.05) is 11.1 Å². The van der Waals surface area contributed by atoms with Crippen molar-refractivity contribution in [1.29, 1.82) is 5.26 Å². The summed E-state index contributed by atoms with van der Waals surface area (Å²) in [5.41, 5.74) is 4.65. The summed E-state index contributed by atoms with van der Waals surface area (Å²) < 4.78 is 0. The summed E-state index contributed by atoms with van der Waals surface area (Å²) in [6.07, 6.45) is 1.99. The van der Waals surface area contributed by atoms with Crippen molar-refractivity contribution >= 4 is 40.7 Å². The summed E-state index contributed by atoms with van der Waals surface area (Å²) in [5.74, 6) is -0.407. The van der Waals surface area contributed by atoms with E-state index in [9.17, 15) is 14.9 Å². The third kappa shape index (κ3) is 4.74. The van der Waals surface area contributed by atoms with E-state index in [0.29, 0.717) is 27.6 Å². The average molecular weight is 464 g/mol. The van der Waals surface area contributed by atoms with Gasteiger partial charge in [0.1, 0.15) is 0 Å². The number of nitriles is 1. The molecule has 0 saturated heterocycles. The van der Waals surface area contributed by atoms with Gasteiger partial charge in [0, 0.05) is 28.4 Å². The van der Waals surface area contributed by atoms with Crippen LogP contribution in [0.1, 0.15) is 36.3 Å². The predicted octanol–water partition coefficient (Wildman–Crippen LogP) is 5.45. The number of nitrogens with one attached hydrogen (secondary N) is 2. The van der Waals surface area contributed by atoms with Crippen molar-refractivity contribution in [3.8, 4) is 6.07 Å². The van der Waals surface area contributed by atoms with E-state index >= 15 is 0 Å². The van der Waals surface area contributed by atoms with Crippen molar-refractivity contribution in [2.24, 2.45) is 0 Å². The number of allylic oxidation sites excluding steroid dienone is 3. The maximum atomic E-state index is 12.8. The largest absolute Gasteiger partial charge is 0.352 e. The van der Waals surface area contributed by atoms with Gasteiger partial charge in [-0.1, -0.05) is 53.2 Å². The third-order valence-corrected chi connectivity index (χ3v) is 6.82. The monoisotopic (exact) mass is 463 g/mol. The van der Waals surface area contributed by atoms with E-state index in [1.165, 1.54) is 11.8 Å². The maximum absolute atomic E-state index is 12.8. The number of carbonyl (C=O) groups is 2. The number of amides is 1. The molecule has 2 N–H and O–H groups in total. The third-order valence-electron chi connectivity index (χ3n) is 5.55. The second-order valence-corrected chi connectivity index (χ2v) is 9.26. The predicted molar refractivity (Wildman–Crippen MR) is 128 cm³/mol. The summed E-state index contributed by atoms with van der Waals surface area (Å²) in [4.78, 5) is 25.3. The molecule has 0 fully saturated rings. The summed E-state index contributed by atoms with van der Waals surface area (Å²) in [7, 11) is 0. The number of Topliss-reactive ketones (excluding diaryl/α,β-unsaturated/α-hetero) is 1. The molecule has 1 heterocycles. The fourth-order valence-corrected chi connectivity index (χ4v) is 4.99. The highest BCUT2D eigenvalue weighted by Crippen LogP contribution is 2.44. The number of hydrogen-bond donors (Lipinski definition) is 2. The molecule has 2 aromatic rings. The van der Waals surface area contributed by atoms with Gasteiger partial charge in [-0.3, -0.25) is 9.59 Å². The number of anilines is 1. The van der Waals surface area contributed by atoms with Crippen LogP contribution in [0.5, 0.6) is 0 Å². The van der Waals surface area contributed by atoms with Crippen LogP contribution in [0.3, 0.4) is 0 Å². The molecule has 2 aromatic carbocycles. The van der Waals surface area contributed by atoms with Gasteiger partial charge in [-0.25, -0.2) is 0 Å². The van der Waals surface area contributed by atoms with E-state index in [2.05, 4.69) is 16.7 Å². The highest BCUT2D eigenvalue weighted by atomic mass is 35.5. The highest BCUT2D eigenvalue weighted by molar-refractivity contribution is 8.03. The number of aryl methyl sites for hydroxylation is 1. The number of thioether (sulfide) groups is 1. The lowest BCUT2D eigenvalue weighted by molar-refractivity contribution is -0.116. The first-order valence-electron chi connectivity index (χ1n) is 10.4. The average Bonchev–Trinajstić information content (AvgIpc) is 2.79. The number of nitrogens with zero attached hydrogens (tertiary/aromatic N) is 1. The normalized spacial score (nSPS) is 18.0. The number of halogens is 1. The van der Waals surface area contributed by atoms with Gasteiger partial charge in [0.15, 0.2) is 5.78 Å². The van der Waals surface area contributed by atoms with Crippen LogP contribution in [0.4, 0.5) is 5.69 Å². The van der Waals surface area contributed by atoms with Crippen LogP contribution in [0.2, 0.25) is 5.02 Å². The summed E-state index contributed by atoms with van der Waals surface area (Å²) in [6.45, 7) is 1.99. The molecular weight excluding hydrogens is 442 g/mol. The lowest BCUT2D eigenvalue weighted by atomic mass is 9.77. The Kier molecular flexibility index (Phi) is 6.69. The van der Waals surface area contributed by atoms with E-state index < -0.39 is 5.92 Å². The van der Waals surface area contributed by atoms with Gasteiger partial charge < -0.3 is 10.6 Å². The lowest BCUT2D eigenvalue weighted by Crippen LogP contribution is -2.31. The number of rotatable bonds is 5. The van der Waals surface area contributed by atoms with Crippen LogP contribution in [0, 0.1) is 18.3 Å². The molecule has 1 amide bonds. The highest BCUT2D eigenvalue weighted by Gasteiger charge is 2.37. The maximum Gasteiger partial charge on any atom is 0.234 e. The second-order valence-electron chi connectivity index (χ2n) is 7.84. The summed E-state index contributed by atoms with van der Waals surface area (Å²) in [6, 6.07) is 17.1. The van der Waals surface area contributed by atoms with E-state index in [0.717, 1.165) is 35.4 Å². The van der Waals surface area contributed by atoms with Gasteiger partial charge in [-0.15, -0.1) is 0 Å². The van der Waals surface area contributed by atoms with Gasteiger partial charge in [0.2, 0.25) is 5.91 Å². The number of dihydropyridines is 1. The Morgan fingerprint density at radius 2 is 1.91 bits per heavy atom. The van der Waals surface area contributed by atoms with Crippen LogP contribution >= 0.6 is 23.4 Å². The summed E-state index contributed by atoms with van der Waals surface area (Å²) >= 11 is 7.34. The van der Waals surface area contributed by atoms with E-state index in [1.54, 1.807) is 12.1 Å². The second kappa shape index (κ2) is 9.64. The number of hydrogen-bond acceptors (Lipinski definition) is 5. The standard InChI is InChI=1S/C25H22ClN3O2S/c1-15-5-11-18(12-6-15)28-22(31)14-32-25-19(13-27)23(16-7-9-17(26)10-8-16)24-20(29-25)3-2-4-21(24)30/h5-12,23,29H,2-4,14H2,1H3,(H,28,31)/t23-/m1/s1. The molecule has 4 rings (SSSR count). The van der Waals surface area contributed by atoms with Gasteiger partial charge in [0.25, 0.3) is 0 Å². The SMILES string of the molecule is Cc1ccc(NC(=O)CSC2=C(C#N)[C@@H](c3ccc(Cl)cc3)C3=C(CCCC3=O)N2)cc1. The molecule has 32 heavy (non-hydrogen) atoms. The quantitative estimate of drug-likeness (QED) is 0.616. The van der Waals surface area contributed by atoms with Gasteiger partial charge >= 0.3 is 0 Å². The molecule has 0 aromatic heterocycles. The van der Waals surface area contributed by atoms with Gasteiger partial charge in [-0.2, -0.15) is 5.26 Å². The molecule has 1 aliphatic heterocycles. The first kappa shape index (κ1) is 22.2. The van der Waals surface area contributed by atoms with Gasteiger partial charge in [0.05, 0.1) is 28.3 Å². The molecule has 2 aliphatic rings. The Morgan fingerprint density at radius 1 is 1.19 bits per heavy atom. The van der Waals surface area contributed by atoms with Crippen molar-refractivity contribution in [3.63, 3.8) is 0 Å². The first-order valence-corrected chi connectivity index (χ1v) is 11.7. The molecule has 5 nitrogen and oxygen atoms in total. The molecule has 0 spiro atoms. The van der Waals surface area contributed by atoms with Crippen molar-refractivity contribution in [1.82, 2.24) is 5.32 Å². The minimum Gasteiger partial charge on any atom is -0.352 e. The Hall–Kier alpha value is -3.01. The molecule has 0 bridgehead atoms. The Morgan fingerprint density at radius 3 is 2.59 bits per heavy atom. The Labute approximate surface area is 196 Å². The van der Waals surface area contributed by atoms with Crippen molar-refractivity contribution in [2.45, 2.75) is 32.1 Å². The lowest BCUT2D eigenvalue weighted by Gasteiger charge is -2.33. The minimum atomic E-state index is -0.455. The van der Waals surface area contributed by atoms with E-state index in [1.807, 2.05) is 43.3 Å². The fourth-order valence-electron chi connectivity index (χ4n) is 4.00. The number of benzene rings is 2. The molecule has 1 aliphatic carbocycles. The molecule has 7 heteroatoms. The first-order chi connectivity index (χ1) is 15.5. The van der Waals surface area contributed by atoms with E-state index in [-0.39, 0.29) is 17.4 Å². The topological polar surface area (TPSA) is 82.0 Å². The van der Waals surface area contributed by atoms with E-state index in [4.69, 9.17) is 11.6 Å². The molecule has 0 unspecified atom stereocenters. The molecule has 0 radical (unpaired) electrons. The van der Waals surface area contributed by atoms with Crippen LogP contribution in [0.25, 0.3) is 0 Å². The summed E-state index contributed by atoms with van der Waals surface area (Å²) in [5, 5.41) is 17.4. The minimum absolute atomic E-state index is 0.0626. The van der Waals surface area contributed by atoms with Crippen LogP contribution < -0.4 is 10.6 Å². The molecule has 162 valence electrons. The van der Waals surface area contributed by atoms with Gasteiger partial charge in [-0.05, 0) is 49.6 Å². The number of ketones is 1. The number of carbonyl (C=O) groups excluding carboxylic acids is 2. The van der Waals surface area contributed by atoms with Crippen LogP contribution in [0.15, 0.2) is 70.4 Å². The zero-order valence-electron chi connectivity index (χ0n) is 17.6. The molecule has 0 saturated carbocycles.